The Hall–Kier alpha value is -3.17. The number of carbonyl (C=O) groups excluding carboxylic acids is 1. The molecule has 2 aromatic carbocycles. The molecule has 0 aliphatic heterocycles. The number of nitriles is 1. The van der Waals surface area contributed by atoms with Crippen LogP contribution in [0.2, 0.25) is 5.02 Å². The summed E-state index contributed by atoms with van der Waals surface area (Å²) in [6.45, 7) is 0. The van der Waals surface area contributed by atoms with Gasteiger partial charge in [-0.3, -0.25) is 0 Å². The van der Waals surface area contributed by atoms with Crippen LogP contribution in [0.3, 0.4) is 0 Å². The number of hydrogen-bond donors (Lipinski definition) is 0. The molecule has 24 heavy (non-hydrogen) atoms. The number of hydrogen-bond acceptors (Lipinski definition) is 5. The average molecular weight is 339 g/mol. The van der Waals surface area contributed by atoms with E-state index in [9.17, 15) is 10.1 Å². The molecule has 118 valence electrons. The van der Waals surface area contributed by atoms with Crippen molar-refractivity contribution in [2.24, 2.45) is 12.2 Å². The number of para-hydroxylation sites is 2. The molecule has 0 bridgehead atoms. The van der Waals surface area contributed by atoms with E-state index in [2.05, 4.69) is 10.1 Å². The summed E-state index contributed by atoms with van der Waals surface area (Å²) in [4.78, 5) is 21.2. The van der Waals surface area contributed by atoms with Gasteiger partial charge in [0.25, 0.3) is 0 Å². The van der Waals surface area contributed by atoms with Gasteiger partial charge in [-0.25, -0.2) is 9.78 Å². The standard InChI is InChI=1S/C17H11ClN4O2/c1-22-15-9-5-4-8-13(15)20-16(22)14(10-19)21-24-17(23)11-6-2-3-7-12(11)18/h2-9H,1H3. The van der Waals surface area contributed by atoms with Crippen molar-refractivity contribution in [3.05, 3.63) is 64.9 Å². The first-order chi connectivity index (χ1) is 11.6. The van der Waals surface area contributed by atoms with Crippen LogP contribution in [0, 0.1) is 11.3 Å². The van der Waals surface area contributed by atoms with E-state index >= 15 is 0 Å². The van der Waals surface area contributed by atoms with Crippen molar-refractivity contribution in [2.45, 2.75) is 0 Å². The predicted molar refractivity (Wildman–Crippen MR) is 89.7 cm³/mol. The number of aromatic nitrogens is 2. The molecular weight excluding hydrogens is 328 g/mol. The normalized spacial score (nSPS) is 11.3. The first kappa shape index (κ1) is 15.7. The molecule has 0 spiro atoms. The Balaban J connectivity index is 1.92. The average Bonchev–Trinajstić information content (AvgIpc) is 2.93. The molecule has 0 saturated heterocycles. The third kappa shape index (κ3) is 2.85. The molecule has 0 radical (unpaired) electrons. The van der Waals surface area contributed by atoms with Crippen LogP contribution in [-0.4, -0.2) is 21.2 Å². The molecule has 0 fully saturated rings. The Morgan fingerprint density at radius 3 is 2.67 bits per heavy atom. The number of imidazole rings is 1. The minimum absolute atomic E-state index is 0.103. The highest BCUT2D eigenvalue weighted by Gasteiger charge is 2.16. The molecule has 0 atom stereocenters. The summed E-state index contributed by atoms with van der Waals surface area (Å²) >= 11 is 5.93. The van der Waals surface area contributed by atoms with E-state index in [4.69, 9.17) is 16.4 Å². The molecule has 0 amide bonds. The largest absolute Gasteiger partial charge is 0.367 e. The number of carbonyl (C=O) groups is 1. The van der Waals surface area contributed by atoms with Crippen LogP contribution in [0.15, 0.2) is 53.7 Å². The Morgan fingerprint density at radius 2 is 1.96 bits per heavy atom. The Bertz CT molecular complexity index is 1000. The highest BCUT2D eigenvalue weighted by Crippen LogP contribution is 2.17. The SMILES string of the molecule is Cn1c(C(C#N)=NOC(=O)c2ccccc2Cl)nc2ccccc21. The van der Waals surface area contributed by atoms with Crippen LogP contribution in [0.25, 0.3) is 11.0 Å². The predicted octanol–water partition coefficient (Wildman–Crippen LogP) is 3.31. The van der Waals surface area contributed by atoms with Gasteiger partial charge in [-0.2, -0.15) is 5.26 Å². The molecule has 6 nitrogen and oxygen atoms in total. The lowest BCUT2D eigenvalue weighted by Gasteiger charge is -2.02. The van der Waals surface area contributed by atoms with Crippen LogP contribution in [0.4, 0.5) is 0 Å². The summed E-state index contributed by atoms with van der Waals surface area (Å²) in [6, 6.07) is 15.7. The van der Waals surface area contributed by atoms with Crippen molar-refractivity contribution < 1.29 is 9.63 Å². The number of halogens is 1. The lowest BCUT2D eigenvalue weighted by atomic mass is 10.2. The summed E-state index contributed by atoms with van der Waals surface area (Å²) in [7, 11) is 1.76. The third-order valence-corrected chi connectivity index (χ3v) is 3.75. The van der Waals surface area contributed by atoms with Crippen molar-refractivity contribution in [3.63, 3.8) is 0 Å². The molecule has 1 heterocycles. The molecule has 0 N–H and O–H groups in total. The zero-order valence-corrected chi connectivity index (χ0v) is 13.4. The molecule has 7 heteroatoms. The number of aryl methyl sites for hydroxylation is 1. The molecule has 3 aromatic rings. The molecule has 0 unspecified atom stereocenters. The van der Waals surface area contributed by atoms with Crippen LogP contribution in [-0.2, 0) is 11.9 Å². The van der Waals surface area contributed by atoms with E-state index in [0.29, 0.717) is 5.82 Å². The van der Waals surface area contributed by atoms with Crippen LogP contribution in [0.1, 0.15) is 16.2 Å². The summed E-state index contributed by atoms with van der Waals surface area (Å²) < 4.78 is 1.71. The van der Waals surface area contributed by atoms with Gasteiger partial charge in [-0.1, -0.05) is 41.0 Å². The number of nitrogens with zero attached hydrogens (tertiary/aromatic N) is 4. The molecule has 3 rings (SSSR count). The zero-order chi connectivity index (χ0) is 17.1. The second-order valence-electron chi connectivity index (χ2n) is 4.89. The van der Waals surface area contributed by atoms with Gasteiger partial charge >= 0.3 is 5.97 Å². The van der Waals surface area contributed by atoms with Gasteiger partial charge in [0.15, 0.2) is 5.82 Å². The molecule has 1 aromatic heterocycles. The summed E-state index contributed by atoms with van der Waals surface area (Å²) in [5.41, 5.74) is 1.63. The summed E-state index contributed by atoms with van der Waals surface area (Å²) in [5, 5.41) is 13.2. The van der Waals surface area contributed by atoms with E-state index < -0.39 is 5.97 Å². The highest BCUT2D eigenvalue weighted by atomic mass is 35.5. The van der Waals surface area contributed by atoms with Gasteiger partial charge in [0.05, 0.1) is 21.6 Å². The third-order valence-electron chi connectivity index (χ3n) is 3.42. The van der Waals surface area contributed by atoms with Crippen molar-refractivity contribution in [1.29, 1.82) is 5.26 Å². The van der Waals surface area contributed by atoms with Crippen molar-refractivity contribution in [3.8, 4) is 6.07 Å². The van der Waals surface area contributed by atoms with Gasteiger partial charge in [-0.05, 0) is 24.3 Å². The smallest absolute Gasteiger partial charge is 0.325 e. The number of fused-ring (bicyclic) bond motifs is 1. The first-order valence-electron chi connectivity index (χ1n) is 6.97. The monoisotopic (exact) mass is 338 g/mol. The molecular formula is C17H11ClN4O2. The first-order valence-corrected chi connectivity index (χ1v) is 7.35. The van der Waals surface area contributed by atoms with E-state index in [1.807, 2.05) is 30.3 Å². The minimum Gasteiger partial charge on any atom is -0.325 e. The summed E-state index contributed by atoms with van der Waals surface area (Å²) in [5.74, 6) is -0.433. The van der Waals surface area contributed by atoms with Crippen molar-refractivity contribution in [1.82, 2.24) is 9.55 Å². The zero-order valence-electron chi connectivity index (χ0n) is 12.6. The van der Waals surface area contributed by atoms with Gasteiger partial charge in [0.2, 0.25) is 5.71 Å². The lowest BCUT2D eigenvalue weighted by Crippen LogP contribution is -2.09. The number of oxime groups is 1. The fourth-order valence-corrected chi connectivity index (χ4v) is 2.44. The second kappa shape index (κ2) is 6.52. The fourth-order valence-electron chi connectivity index (χ4n) is 2.23. The van der Waals surface area contributed by atoms with Crippen molar-refractivity contribution >= 4 is 34.3 Å². The van der Waals surface area contributed by atoms with Crippen LogP contribution < -0.4 is 0 Å². The maximum atomic E-state index is 12.0. The van der Waals surface area contributed by atoms with E-state index in [1.54, 1.807) is 29.8 Å². The van der Waals surface area contributed by atoms with Gasteiger partial charge in [0.1, 0.15) is 6.07 Å². The van der Waals surface area contributed by atoms with Crippen LogP contribution in [0.5, 0.6) is 0 Å². The number of rotatable bonds is 3. The Kier molecular flexibility index (Phi) is 4.27. The second-order valence-corrected chi connectivity index (χ2v) is 5.30. The van der Waals surface area contributed by atoms with E-state index in [0.717, 1.165) is 11.0 Å². The Morgan fingerprint density at radius 1 is 1.25 bits per heavy atom. The summed E-state index contributed by atoms with van der Waals surface area (Å²) in [6.07, 6.45) is 0. The number of benzene rings is 2. The van der Waals surface area contributed by atoms with E-state index in [-0.39, 0.29) is 16.3 Å². The van der Waals surface area contributed by atoms with Crippen LogP contribution >= 0.6 is 11.6 Å². The van der Waals surface area contributed by atoms with Gasteiger partial charge < -0.3 is 9.40 Å². The molecule has 0 aliphatic rings. The minimum atomic E-state index is -0.743. The fraction of sp³-hybridized carbons (Fsp3) is 0.0588. The van der Waals surface area contributed by atoms with Gasteiger partial charge in [-0.15, -0.1) is 0 Å². The maximum absolute atomic E-state index is 12.0. The van der Waals surface area contributed by atoms with Crippen molar-refractivity contribution in [2.75, 3.05) is 0 Å². The highest BCUT2D eigenvalue weighted by molar-refractivity contribution is 6.33. The topological polar surface area (TPSA) is 80.3 Å². The van der Waals surface area contributed by atoms with E-state index in [1.165, 1.54) is 6.07 Å². The molecule has 0 saturated carbocycles. The maximum Gasteiger partial charge on any atom is 0.367 e. The lowest BCUT2D eigenvalue weighted by molar-refractivity contribution is 0.0517. The molecule has 0 aliphatic carbocycles. The Labute approximate surface area is 142 Å². The quantitative estimate of drug-likeness (QED) is 0.417. The van der Waals surface area contributed by atoms with Gasteiger partial charge in [0, 0.05) is 7.05 Å².